The normalized spacial score (nSPS) is 17.9. The molecular formula is C24H26ClN3O2. The molecule has 0 bridgehead atoms. The lowest BCUT2D eigenvalue weighted by Crippen LogP contribution is -2.50. The number of rotatable bonds is 4. The van der Waals surface area contributed by atoms with Crippen LogP contribution in [-0.2, 0) is 24.2 Å². The van der Waals surface area contributed by atoms with Crippen molar-refractivity contribution >= 4 is 34.2 Å². The van der Waals surface area contributed by atoms with E-state index in [1.165, 1.54) is 11.1 Å². The number of hydrogen-bond acceptors (Lipinski definition) is 4. The van der Waals surface area contributed by atoms with Gasteiger partial charge in [0, 0.05) is 60.3 Å². The molecule has 0 atom stereocenters. The zero-order valence-electron chi connectivity index (χ0n) is 17.0. The van der Waals surface area contributed by atoms with Gasteiger partial charge in [0.1, 0.15) is 11.3 Å². The number of halogens is 1. The molecule has 1 aromatic heterocycles. The van der Waals surface area contributed by atoms with E-state index in [4.69, 9.17) is 16.0 Å². The van der Waals surface area contributed by atoms with Gasteiger partial charge in [0.05, 0.1) is 6.54 Å². The third-order valence-electron chi connectivity index (χ3n) is 6.16. The van der Waals surface area contributed by atoms with Crippen molar-refractivity contribution in [1.29, 1.82) is 0 Å². The van der Waals surface area contributed by atoms with Gasteiger partial charge in [-0.15, -0.1) is 0 Å². The Bertz CT molecular complexity index is 1060. The second-order valence-electron chi connectivity index (χ2n) is 8.16. The maximum absolute atomic E-state index is 12.9. The molecule has 0 spiro atoms. The summed E-state index contributed by atoms with van der Waals surface area (Å²) in [5, 5.41) is 5.38. The predicted molar refractivity (Wildman–Crippen MR) is 120 cm³/mol. The quantitative estimate of drug-likeness (QED) is 0.688. The third-order valence-corrected chi connectivity index (χ3v) is 6.41. The van der Waals surface area contributed by atoms with Crippen molar-refractivity contribution in [2.24, 2.45) is 0 Å². The van der Waals surface area contributed by atoms with Crippen LogP contribution in [0.3, 0.4) is 0 Å². The fraction of sp³-hybridized carbons (Fsp3) is 0.375. The summed E-state index contributed by atoms with van der Waals surface area (Å²) in [5.74, 6) is 1.23. The first-order valence-electron chi connectivity index (χ1n) is 10.7. The van der Waals surface area contributed by atoms with Crippen LogP contribution in [0.2, 0.25) is 5.02 Å². The molecule has 1 N–H and O–H groups in total. The molecule has 1 saturated heterocycles. The number of amides is 1. The largest absolute Gasteiger partial charge is 0.461 e. The standard InChI is InChI=1S/C24H26ClN3O2/c25-18-5-3-17(4-6-18)9-11-27-12-13-28(24(29)16-27)19-7-8-20-21-15-26-10-1-2-22(21)30-23(20)14-19/h3-8,14,26H,1-2,9-13,15-16H2. The van der Waals surface area contributed by atoms with Gasteiger partial charge >= 0.3 is 0 Å². The van der Waals surface area contributed by atoms with Crippen LogP contribution in [0.25, 0.3) is 11.0 Å². The summed E-state index contributed by atoms with van der Waals surface area (Å²) < 4.78 is 6.16. The van der Waals surface area contributed by atoms with Crippen LogP contribution < -0.4 is 10.2 Å². The first-order valence-corrected chi connectivity index (χ1v) is 11.1. The Morgan fingerprint density at radius 3 is 2.80 bits per heavy atom. The van der Waals surface area contributed by atoms with E-state index < -0.39 is 0 Å². The lowest BCUT2D eigenvalue weighted by molar-refractivity contribution is -0.121. The molecule has 6 heteroatoms. The molecule has 3 aromatic rings. The maximum atomic E-state index is 12.9. The molecule has 2 aliphatic rings. The van der Waals surface area contributed by atoms with Crippen molar-refractivity contribution in [3.8, 4) is 0 Å². The molecule has 3 heterocycles. The number of benzene rings is 2. The molecule has 0 unspecified atom stereocenters. The molecule has 2 aliphatic heterocycles. The number of nitrogens with zero attached hydrogens (tertiary/aromatic N) is 2. The number of hydrogen-bond donors (Lipinski definition) is 1. The van der Waals surface area contributed by atoms with Gasteiger partial charge in [-0.25, -0.2) is 0 Å². The minimum Gasteiger partial charge on any atom is -0.461 e. The van der Waals surface area contributed by atoms with E-state index in [0.29, 0.717) is 13.1 Å². The van der Waals surface area contributed by atoms with Crippen molar-refractivity contribution in [3.63, 3.8) is 0 Å². The summed E-state index contributed by atoms with van der Waals surface area (Å²) in [6.07, 6.45) is 2.98. The van der Waals surface area contributed by atoms with E-state index in [9.17, 15) is 4.79 Å². The van der Waals surface area contributed by atoms with Crippen molar-refractivity contribution in [2.75, 3.05) is 37.6 Å². The zero-order chi connectivity index (χ0) is 20.5. The molecule has 0 radical (unpaired) electrons. The van der Waals surface area contributed by atoms with Gasteiger partial charge in [0.15, 0.2) is 0 Å². The molecule has 5 nitrogen and oxygen atoms in total. The number of piperazine rings is 1. The van der Waals surface area contributed by atoms with Gasteiger partial charge in [-0.1, -0.05) is 23.7 Å². The Morgan fingerprint density at radius 2 is 1.97 bits per heavy atom. The molecule has 2 aromatic carbocycles. The van der Waals surface area contributed by atoms with Crippen LogP contribution in [0.1, 0.15) is 23.3 Å². The fourth-order valence-corrected chi connectivity index (χ4v) is 4.59. The highest BCUT2D eigenvalue weighted by molar-refractivity contribution is 6.30. The van der Waals surface area contributed by atoms with Crippen molar-refractivity contribution in [3.05, 3.63) is 64.4 Å². The number of fused-ring (bicyclic) bond motifs is 3. The van der Waals surface area contributed by atoms with E-state index in [1.54, 1.807) is 0 Å². The van der Waals surface area contributed by atoms with Gasteiger partial charge in [-0.2, -0.15) is 0 Å². The summed E-state index contributed by atoms with van der Waals surface area (Å²) in [5.41, 5.74) is 4.33. The van der Waals surface area contributed by atoms with Gasteiger partial charge < -0.3 is 14.6 Å². The second-order valence-corrected chi connectivity index (χ2v) is 8.60. The lowest BCUT2D eigenvalue weighted by atomic mass is 10.1. The summed E-state index contributed by atoms with van der Waals surface area (Å²) in [6.45, 7) is 4.78. The molecule has 5 rings (SSSR count). The molecule has 0 saturated carbocycles. The average molecular weight is 424 g/mol. The van der Waals surface area contributed by atoms with Crippen LogP contribution in [0, 0.1) is 0 Å². The van der Waals surface area contributed by atoms with E-state index in [-0.39, 0.29) is 5.91 Å². The monoisotopic (exact) mass is 423 g/mol. The van der Waals surface area contributed by atoms with E-state index >= 15 is 0 Å². The smallest absolute Gasteiger partial charge is 0.241 e. The Kier molecular flexibility index (Phi) is 5.50. The minimum absolute atomic E-state index is 0.145. The molecular weight excluding hydrogens is 398 g/mol. The van der Waals surface area contributed by atoms with Crippen LogP contribution in [0.15, 0.2) is 46.9 Å². The zero-order valence-corrected chi connectivity index (χ0v) is 17.8. The number of anilines is 1. The van der Waals surface area contributed by atoms with Gasteiger partial charge in [0.25, 0.3) is 0 Å². The van der Waals surface area contributed by atoms with E-state index in [1.807, 2.05) is 23.1 Å². The third kappa shape index (κ3) is 3.97. The highest BCUT2D eigenvalue weighted by atomic mass is 35.5. The average Bonchev–Trinajstić information content (AvgIpc) is 2.93. The molecule has 0 aliphatic carbocycles. The SMILES string of the molecule is O=C1CN(CCc2ccc(Cl)cc2)CCN1c1ccc2c3c(oc2c1)CCCNC3. The topological polar surface area (TPSA) is 48.7 Å². The Balaban J connectivity index is 1.26. The Hall–Kier alpha value is -2.34. The van der Waals surface area contributed by atoms with Crippen molar-refractivity contribution < 1.29 is 9.21 Å². The van der Waals surface area contributed by atoms with E-state index in [0.717, 1.165) is 72.9 Å². The summed E-state index contributed by atoms with van der Waals surface area (Å²) in [6, 6.07) is 14.1. The van der Waals surface area contributed by atoms with Gasteiger partial charge in [-0.3, -0.25) is 9.69 Å². The van der Waals surface area contributed by atoms with Crippen LogP contribution >= 0.6 is 11.6 Å². The summed E-state index contributed by atoms with van der Waals surface area (Å²) in [7, 11) is 0. The fourth-order valence-electron chi connectivity index (χ4n) is 4.46. The van der Waals surface area contributed by atoms with Crippen molar-refractivity contribution in [1.82, 2.24) is 10.2 Å². The Labute approximate surface area is 181 Å². The summed E-state index contributed by atoms with van der Waals surface area (Å²) in [4.78, 5) is 17.0. The molecule has 1 fully saturated rings. The first-order chi connectivity index (χ1) is 14.7. The lowest BCUT2D eigenvalue weighted by Gasteiger charge is -2.34. The van der Waals surface area contributed by atoms with Gasteiger partial charge in [0.2, 0.25) is 5.91 Å². The van der Waals surface area contributed by atoms with Crippen molar-refractivity contribution in [2.45, 2.75) is 25.8 Å². The number of carbonyl (C=O) groups is 1. The number of carbonyl (C=O) groups excluding carboxylic acids is 1. The number of furan rings is 1. The second kappa shape index (κ2) is 8.42. The number of aryl methyl sites for hydroxylation is 1. The summed E-state index contributed by atoms with van der Waals surface area (Å²) >= 11 is 5.96. The Morgan fingerprint density at radius 1 is 1.10 bits per heavy atom. The maximum Gasteiger partial charge on any atom is 0.241 e. The van der Waals surface area contributed by atoms with Crippen LogP contribution in [0.5, 0.6) is 0 Å². The van der Waals surface area contributed by atoms with E-state index in [2.05, 4.69) is 34.5 Å². The number of nitrogens with one attached hydrogen (secondary N) is 1. The highest BCUT2D eigenvalue weighted by Gasteiger charge is 2.26. The first kappa shape index (κ1) is 19.6. The van der Waals surface area contributed by atoms with Gasteiger partial charge in [-0.05, 0) is 49.2 Å². The minimum atomic E-state index is 0.145. The van der Waals surface area contributed by atoms with Crippen LogP contribution in [0.4, 0.5) is 5.69 Å². The molecule has 30 heavy (non-hydrogen) atoms. The molecule has 1 amide bonds. The van der Waals surface area contributed by atoms with Crippen LogP contribution in [-0.4, -0.2) is 43.5 Å². The highest BCUT2D eigenvalue weighted by Crippen LogP contribution is 2.31. The predicted octanol–water partition coefficient (Wildman–Crippen LogP) is 4.01. The molecule has 156 valence electrons.